The molecule has 0 saturated carbocycles. The molecule has 0 spiro atoms. The van der Waals surface area contributed by atoms with E-state index in [4.69, 9.17) is 0 Å². The molecule has 2 rings (SSSR count). The maximum absolute atomic E-state index is 4.52. The van der Waals surface area contributed by atoms with E-state index in [-0.39, 0.29) is 0 Å². The topological polar surface area (TPSA) is 33.1 Å². The van der Waals surface area contributed by atoms with Crippen LogP contribution in [0.5, 0.6) is 0 Å². The zero-order valence-corrected chi connectivity index (χ0v) is 11.2. The fourth-order valence-electron chi connectivity index (χ4n) is 1.80. The Kier molecular flexibility index (Phi) is 3.99. The molecule has 1 aromatic carbocycles. The Morgan fingerprint density at radius 2 is 1.94 bits per heavy atom. The standard InChI is InChI=1S/C14H20N4/c1-12-11-18(13-7-5-4-6-8-13)14(16-12)15-9-10-17(2)3/h4-8,11H,9-10H2,1-3H3,(H,15,16). The minimum absolute atomic E-state index is 0.885. The van der Waals surface area contributed by atoms with Gasteiger partial charge in [0.2, 0.25) is 5.95 Å². The van der Waals surface area contributed by atoms with Crippen LogP contribution in [-0.2, 0) is 0 Å². The van der Waals surface area contributed by atoms with E-state index in [2.05, 4.69) is 46.0 Å². The van der Waals surface area contributed by atoms with Gasteiger partial charge in [0.1, 0.15) is 0 Å². The molecular formula is C14H20N4. The number of aryl methyl sites for hydroxylation is 1. The first-order chi connectivity index (χ1) is 8.66. The minimum Gasteiger partial charge on any atom is -0.354 e. The van der Waals surface area contributed by atoms with Gasteiger partial charge in [0, 0.05) is 25.0 Å². The molecule has 0 atom stereocenters. The van der Waals surface area contributed by atoms with Crippen LogP contribution in [0.25, 0.3) is 5.69 Å². The third-order valence-electron chi connectivity index (χ3n) is 2.70. The van der Waals surface area contributed by atoms with E-state index in [0.717, 1.165) is 30.4 Å². The first kappa shape index (κ1) is 12.6. The lowest BCUT2D eigenvalue weighted by Crippen LogP contribution is -2.21. The molecule has 0 saturated heterocycles. The predicted octanol–water partition coefficient (Wildman–Crippen LogP) is 2.15. The van der Waals surface area contributed by atoms with E-state index < -0.39 is 0 Å². The van der Waals surface area contributed by atoms with Gasteiger partial charge >= 0.3 is 0 Å². The van der Waals surface area contributed by atoms with Crippen molar-refractivity contribution in [2.75, 3.05) is 32.5 Å². The summed E-state index contributed by atoms with van der Waals surface area (Å²) >= 11 is 0. The quantitative estimate of drug-likeness (QED) is 0.875. The van der Waals surface area contributed by atoms with Gasteiger partial charge in [-0.1, -0.05) is 18.2 Å². The van der Waals surface area contributed by atoms with E-state index in [1.807, 2.05) is 31.3 Å². The average molecular weight is 244 g/mol. The number of likely N-dealkylation sites (N-methyl/N-ethyl adjacent to an activating group) is 1. The highest BCUT2D eigenvalue weighted by Gasteiger charge is 2.06. The highest BCUT2D eigenvalue weighted by molar-refractivity contribution is 5.42. The van der Waals surface area contributed by atoms with Crippen LogP contribution in [0.2, 0.25) is 0 Å². The van der Waals surface area contributed by atoms with Crippen LogP contribution in [-0.4, -0.2) is 41.6 Å². The van der Waals surface area contributed by atoms with Crippen LogP contribution >= 0.6 is 0 Å². The van der Waals surface area contributed by atoms with Crippen LogP contribution < -0.4 is 5.32 Å². The van der Waals surface area contributed by atoms with Crippen molar-refractivity contribution in [2.45, 2.75) is 6.92 Å². The maximum Gasteiger partial charge on any atom is 0.207 e. The highest BCUT2D eigenvalue weighted by atomic mass is 15.2. The summed E-state index contributed by atoms with van der Waals surface area (Å²) in [6, 6.07) is 10.3. The summed E-state index contributed by atoms with van der Waals surface area (Å²) in [4.78, 5) is 6.67. The molecule has 96 valence electrons. The van der Waals surface area contributed by atoms with E-state index >= 15 is 0 Å². The summed E-state index contributed by atoms with van der Waals surface area (Å²) in [5, 5.41) is 3.37. The lowest BCUT2D eigenvalue weighted by molar-refractivity contribution is 0.425. The number of nitrogens with zero attached hydrogens (tertiary/aromatic N) is 3. The van der Waals surface area contributed by atoms with Crippen LogP contribution in [0.4, 0.5) is 5.95 Å². The van der Waals surface area contributed by atoms with E-state index in [1.165, 1.54) is 0 Å². The molecule has 1 N–H and O–H groups in total. The average Bonchev–Trinajstić information content (AvgIpc) is 2.71. The number of hydrogen-bond donors (Lipinski definition) is 1. The molecule has 1 aromatic heterocycles. The van der Waals surface area contributed by atoms with Gasteiger partial charge in [0.25, 0.3) is 0 Å². The van der Waals surface area contributed by atoms with Crippen molar-refractivity contribution in [3.8, 4) is 5.69 Å². The predicted molar refractivity (Wildman–Crippen MR) is 75.3 cm³/mol. The fourth-order valence-corrected chi connectivity index (χ4v) is 1.80. The van der Waals surface area contributed by atoms with Crippen LogP contribution in [0.15, 0.2) is 36.5 Å². The monoisotopic (exact) mass is 244 g/mol. The van der Waals surface area contributed by atoms with Gasteiger partial charge in [-0.15, -0.1) is 0 Å². The Hall–Kier alpha value is -1.81. The lowest BCUT2D eigenvalue weighted by atomic mass is 10.3. The van der Waals surface area contributed by atoms with Gasteiger partial charge in [0.15, 0.2) is 0 Å². The molecule has 0 aliphatic heterocycles. The molecule has 4 nitrogen and oxygen atoms in total. The normalized spacial score (nSPS) is 10.9. The number of nitrogens with one attached hydrogen (secondary N) is 1. The molecule has 4 heteroatoms. The first-order valence-electron chi connectivity index (χ1n) is 6.17. The molecule has 18 heavy (non-hydrogen) atoms. The summed E-state index contributed by atoms with van der Waals surface area (Å²) in [6.45, 7) is 3.88. The number of imidazole rings is 1. The molecule has 2 aromatic rings. The van der Waals surface area contributed by atoms with Crippen LogP contribution in [0.3, 0.4) is 0 Å². The lowest BCUT2D eigenvalue weighted by Gasteiger charge is -2.12. The molecule has 0 unspecified atom stereocenters. The third kappa shape index (κ3) is 3.11. The minimum atomic E-state index is 0.885. The van der Waals surface area contributed by atoms with Gasteiger partial charge in [-0.2, -0.15) is 0 Å². The SMILES string of the molecule is Cc1cn(-c2ccccc2)c(NCCN(C)C)n1. The number of para-hydroxylation sites is 1. The molecular weight excluding hydrogens is 224 g/mol. The van der Waals surface area contributed by atoms with Crippen molar-refractivity contribution in [1.29, 1.82) is 0 Å². The second-order valence-corrected chi connectivity index (χ2v) is 4.64. The van der Waals surface area contributed by atoms with Crippen LogP contribution in [0.1, 0.15) is 5.69 Å². The zero-order chi connectivity index (χ0) is 13.0. The Labute approximate surface area is 108 Å². The number of hydrogen-bond acceptors (Lipinski definition) is 3. The van der Waals surface area contributed by atoms with Crippen molar-refractivity contribution in [1.82, 2.24) is 14.5 Å². The Balaban J connectivity index is 2.16. The van der Waals surface area contributed by atoms with Gasteiger partial charge in [-0.05, 0) is 33.2 Å². The van der Waals surface area contributed by atoms with Crippen molar-refractivity contribution >= 4 is 5.95 Å². The Bertz CT molecular complexity index is 488. The van der Waals surface area contributed by atoms with Crippen LogP contribution in [0, 0.1) is 6.92 Å². The Morgan fingerprint density at radius 1 is 1.22 bits per heavy atom. The van der Waals surface area contributed by atoms with Gasteiger partial charge in [-0.3, -0.25) is 4.57 Å². The number of rotatable bonds is 5. The molecule has 0 amide bonds. The van der Waals surface area contributed by atoms with Crippen molar-refractivity contribution in [3.05, 3.63) is 42.2 Å². The van der Waals surface area contributed by atoms with E-state index in [0.29, 0.717) is 0 Å². The van der Waals surface area contributed by atoms with E-state index in [1.54, 1.807) is 0 Å². The van der Waals surface area contributed by atoms with Crippen molar-refractivity contribution in [2.24, 2.45) is 0 Å². The number of benzene rings is 1. The molecule has 0 radical (unpaired) electrons. The summed E-state index contributed by atoms with van der Waals surface area (Å²) in [5.74, 6) is 0.903. The van der Waals surface area contributed by atoms with Crippen molar-refractivity contribution in [3.63, 3.8) is 0 Å². The summed E-state index contributed by atoms with van der Waals surface area (Å²) in [5.41, 5.74) is 2.15. The number of aromatic nitrogens is 2. The third-order valence-corrected chi connectivity index (χ3v) is 2.70. The number of anilines is 1. The highest BCUT2D eigenvalue weighted by Crippen LogP contribution is 2.15. The van der Waals surface area contributed by atoms with E-state index in [9.17, 15) is 0 Å². The van der Waals surface area contributed by atoms with Gasteiger partial charge in [0.05, 0.1) is 5.69 Å². The molecule has 0 bridgehead atoms. The Morgan fingerprint density at radius 3 is 2.61 bits per heavy atom. The largest absolute Gasteiger partial charge is 0.354 e. The first-order valence-corrected chi connectivity index (χ1v) is 6.17. The fraction of sp³-hybridized carbons (Fsp3) is 0.357. The molecule has 0 aliphatic carbocycles. The molecule has 0 fully saturated rings. The second-order valence-electron chi connectivity index (χ2n) is 4.64. The van der Waals surface area contributed by atoms with Gasteiger partial charge < -0.3 is 10.2 Å². The molecule has 0 aliphatic rings. The van der Waals surface area contributed by atoms with Crippen molar-refractivity contribution < 1.29 is 0 Å². The zero-order valence-electron chi connectivity index (χ0n) is 11.2. The maximum atomic E-state index is 4.52. The summed E-state index contributed by atoms with van der Waals surface area (Å²) in [6.07, 6.45) is 2.05. The van der Waals surface area contributed by atoms with Gasteiger partial charge in [-0.25, -0.2) is 4.98 Å². The second kappa shape index (κ2) is 5.69. The summed E-state index contributed by atoms with van der Waals surface area (Å²) in [7, 11) is 4.13. The smallest absolute Gasteiger partial charge is 0.207 e. The summed E-state index contributed by atoms with van der Waals surface area (Å²) < 4.78 is 2.09. The molecule has 1 heterocycles.